The fourth-order valence-corrected chi connectivity index (χ4v) is 4.29. The van der Waals surface area contributed by atoms with Crippen molar-refractivity contribution in [2.24, 2.45) is 0 Å². The van der Waals surface area contributed by atoms with Crippen LogP contribution in [0, 0.1) is 5.82 Å². The van der Waals surface area contributed by atoms with Crippen molar-refractivity contribution in [1.82, 2.24) is 0 Å². The molecule has 0 fully saturated rings. The number of nitrogens with one attached hydrogen (secondary N) is 2. The molecule has 1 amide bonds. The SMILES string of the molecule is COc1cc(S(=O)(=O)Nc2ccccc2F)cc(C(=O)Nc2cccc(C(C)C)c2)c1OC. The summed E-state index contributed by atoms with van der Waals surface area (Å²) < 4.78 is 52.7. The van der Waals surface area contributed by atoms with Gasteiger partial charge in [-0.05, 0) is 41.8 Å². The van der Waals surface area contributed by atoms with Crippen molar-refractivity contribution >= 4 is 27.3 Å². The molecule has 0 atom stereocenters. The van der Waals surface area contributed by atoms with Crippen LogP contribution in [0.1, 0.15) is 35.7 Å². The van der Waals surface area contributed by atoms with Gasteiger partial charge in [0.05, 0.1) is 30.4 Å². The number of para-hydroxylation sites is 1. The molecule has 0 radical (unpaired) electrons. The Morgan fingerprint density at radius 3 is 2.33 bits per heavy atom. The molecular weight excluding hydrogens is 447 g/mol. The third-order valence-corrected chi connectivity index (χ3v) is 6.28. The van der Waals surface area contributed by atoms with E-state index in [0.717, 1.165) is 17.7 Å². The monoisotopic (exact) mass is 472 g/mol. The van der Waals surface area contributed by atoms with Gasteiger partial charge in [-0.25, -0.2) is 12.8 Å². The van der Waals surface area contributed by atoms with Crippen molar-refractivity contribution in [2.75, 3.05) is 24.3 Å². The summed E-state index contributed by atoms with van der Waals surface area (Å²) in [6.45, 7) is 4.07. The maximum Gasteiger partial charge on any atom is 0.262 e. The molecule has 0 heterocycles. The summed E-state index contributed by atoms with van der Waals surface area (Å²) in [6, 6.07) is 15.1. The van der Waals surface area contributed by atoms with Crippen molar-refractivity contribution in [3.05, 3.63) is 77.6 Å². The van der Waals surface area contributed by atoms with Gasteiger partial charge in [-0.2, -0.15) is 0 Å². The average Bonchev–Trinajstić information content (AvgIpc) is 2.79. The molecular formula is C24H25FN2O5S. The van der Waals surface area contributed by atoms with Gasteiger partial charge in [-0.15, -0.1) is 0 Å². The van der Waals surface area contributed by atoms with E-state index in [1.807, 2.05) is 32.0 Å². The lowest BCUT2D eigenvalue weighted by atomic mass is 10.0. The summed E-state index contributed by atoms with van der Waals surface area (Å²) >= 11 is 0. The number of carbonyl (C=O) groups excluding carboxylic acids is 1. The largest absolute Gasteiger partial charge is 0.493 e. The average molecular weight is 473 g/mol. The summed E-state index contributed by atoms with van der Waals surface area (Å²) in [5.41, 5.74) is 1.30. The Hall–Kier alpha value is -3.59. The second kappa shape index (κ2) is 9.91. The quantitative estimate of drug-likeness (QED) is 0.480. The van der Waals surface area contributed by atoms with E-state index in [-0.39, 0.29) is 33.6 Å². The predicted molar refractivity (Wildman–Crippen MR) is 125 cm³/mol. The van der Waals surface area contributed by atoms with Crippen LogP contribution < -0.4 is 19.5 Å². The lowest BCUT2D eigenvalue weighted by Gasteiger charge is -2.16. The van der Waals surface area contributed by atoms with Gasteiger partial charge in [-0.1, -0.05) is 38.1 Å². The van der Waals surface area contributed by atoms with E-state index in [2.05, 4.69) is 10.0 Å². The van der Waals surface area contributed by atoms with Crippen molar-refractivity contribution in [2.45, 2.75) is 24.7 Å². The molecule has 0 aliphatic rings. The number of anilines is 2. The number of hydrogen-bond donors (Lipinski definition) is 2. The minimum absolute atomic E-state index is 0.0370. The van der Waals surface area contributed by atoms with Gasteiger partial charge in [0.2, 0.25) is 0 Å². The third-order valence-electron chi connectivity index (χ3n) is 4.94. The van der Waals surface area contributed by atoms with E-state index in [1.54, 1.807) is 6.07 Å². The molecule has 0 saturated heterocycles. The minimum atomic E-state index is -4.25. The molecule has 2 N–H and O–H groups in total. The number of rotatable bonds is 8. The maximum absolute atomic E-state index is 14.0. The Morgan fingerprint density at radius 1 is 0.970 bits per heavy atom. The van der Waals surface area contributed by atoms with E-state index in [4.69, 9.17) is 9.47 Å². The molecule has 3 rings (SSSR count). The summed E-state index contributed by atoms with van der Waals surface area (Å²) in [5.74, 6) is -0.956. The number of carbonyl (C=O) groups is 1. The highest BCUT2D eigenvalue weighted by Crippen LogP contribution is 2.35. The van der Waals surface area contributed by atoms with Crippen LogP contribution in [-0.2, 0) is 10.0 Å². The van der Waals surface area contributed by atoms with E-state index in [0.29, 0.717) is 5.69 Å². The number of hydrogen-bond acceptors (Lipinski definition) is 5. The molecule has 3 aromatic carbocycles. The third kappa shape index (κ3) is 5.43. The summed E-state index contributed by atoms with van der Waals surface area (Å²) in [7, 11) is -1.57. The highest BCUT2D eigenvalue weighted by Gasteiger charge is 2.25. The molecule has 7 nitrogen and oxygen atoms in total. The van der Waals surface area contributed by atoms with Crippen LogP contribution in [0.25, 0.3) is 0 Å². The zero-order valence-electron chi connectivity index (χ0n) is 18.7. The molecule has 0 aromatic heterocycles. The van der Waals surface area contributed by atoms with E-state index >= 15 is 0 Å². The zero-order chi connectivity index (χ0) is 24.2. The topological polar surface area (TPSA) is 93.7 Å². The van der Waals surface area contributed by atoms with Crippen LogP contribution in [-0.4, -0.2) is 28.5 Å². The molecule has 0 aliphatic heterocycles. The van der Waals surface area contributed by atoms with E-state index in [1.165, 1.54) is 38.5 Å². The molecule has 0 spiro atoms. The smallest absolute Gasteiger partial charge is 0.262 e. The second-order valence-electron chi connectivity index (χ2n) is 7.53. The molecule has 0 aliphatic carbocycles. The molecule has 33 heavy (non-hydrogen) atoms. The number of benzene rings is 3. The predicted octanol–water partition coefficient (Wildman–Crippen LogP) is 5.02. The summed E-state index contributed by atoms with van der Waals surface area (Å²) in [6.07, 6.45) is 0. The van der Waals surface area contributed by atoms with Crippen LogP contribution in [0.4, 0.5) is 15.8 Å². The van der Waals surface area contributed by atoms with Gasteiger partial charge in [0, 0.05) is 11.8 Å². The van der Waals surface area contributed by atoms with E-state index < -0.39 is 21.7 Å². The highest BCUT2D eigenvalue weighted by molar-refractivity contribution is 7.92. The Kier molecular flexibility index (Phi) is 7.23. The minimum Gasteiger partial charge on any atom is -0.493 e. The Bertz CT molecular complexity index is 1280. The van der Waals surface area contributed by atoms with Crippen molar-refractivity contribution in [3.63, 3.8) is 0 Å². The number of ether oxygens (including phenoxy) is 2. The lowest BCUT2D eigenvalue weighted by Crippen LogP contribution is -2.18. The maximum atomic E-state index is 14.0. The molecule has 174 valence electrons. The lowest BCUT2D eigenvalue weighted by molar-refractivity contribution is 0.102. The van der Waals surface area contributed by atoms with Crippen molar-refractivity contribution in [1.29, 1.82) is 0 Å². The zero-order valence-corrected chi connectivity index (χ0v) is 19.5. The van der Waals surface area contributed by atoms with Crippen LogP contribution in [0.3, 0.4) is 0 Å². The molecule has 3 aromatic rings. The molecule has 0 unspecified atom stereocenters. The molecule has 9 heteroatoms. The first-order valence-corrected chi connectivity index (χ1v) is 11.6. The first-order valence-electron chi connectivity index (χ1n) is 10.1. The first kappa shape index (κ1) is 24.1. The normalized spacial score (nSPS) is 11.2. The molecule has 0 bridgehead atoms. The van der Waals surface area contributed by atoms with Crippen molar-refractivity contribution < 1.29 is 27.1 Å². The van der Waals surface area contributed by atoms with Crippen molar-refractivity contribution in [3.8, 4) is 11.5 Å². The number of amides is 1. The van der Waals surface area contributed by atoms with E-state index in [9.17, 15) is 17.6 Å². The summed E-state index contributed by atoms with van der Waals surface area (Å²) in [5, 5.41) is 2.77. The van der Waals surface area contributed by atoms with Crippen LogP contribution >= 0.6 is 0 Å². The second-order valence-corrected chi connectivity index (χ2v) is 9.21. The van der Waals surface area contributed by atoms with Crippen LogP contribution in [0.15, 0.2) is 65.6 Å². The molecule has 0 saturated carbocycles. The Labute approximate surface area is 192 Å². The van der Waals surface area contributed by atoms with Gasteiger partial charge in [0.25, 0.3) is 15.9 Å². The van der Waals surface area contributed by atoms with Gasteiger partial charge >= 0.3 is 0 Å². The summed E-state index contributed by atoms with van der Waals surface area (Å²) in [4.78, 5) is 12.8. The Balaban J connectivity index is 2.02. The van der Waals surface area contributed by atoms with Crippen LogP contribution in [0.5, 0.6) is 11.5 Å². The Morgan fingerprint density at radius 2 is 1.70 bits per heavy atom. The van der Waals surface area contributed by atoms with Gasteiger partial charge in [-0.3, -0.25) is 9.52 Å². The fraction of sp³-hybridized carbons (Fsp3) is 0.208. The van der Waals surface area contributed by atoms with Gasteiger partial charge in [0.1, 0.15) is 5.82 Å². The standard InChI is InChI=1S/C24H25FN2O5S/c1-15(2)16-8-7-9-17(12-16)26-24(28)19-13-18(14-22(31-3)23(19)32-4)33(29,30)27-21-11-6-5-10-20(21)25/h5-15,27H,1-4H3,(H,26,28). The van der Waals surface area contributed by atoms with Gasteiger partial charge < -0.3 is 14.8 Å². The highest BCUT2D eigenvalue weighted by atomic mass is 32.2. The number of halogens is 1. The number of sulfonamides is 1. The van der Waals surface area contributed by atoms with Gasteiger partial charge in [0.15, 0.2) is 11.5 Å². The first-order chi connectivity index (χ1) is 15.7. The number of methoxy groups -OCH3 is 2. The van der Waals surface area contributed by atoms with Crippen LogP contribution in [0.2, 0.25) is 0 Å². The fourth-order valence-electron chi connectivity index (χ4n) is 3.18.